The van der Waals surface area contributed by atoms with Gasteiger partial charge in [-0.1, -0.05) is 26.0 Å². The van der Waals surface area contributed by atoms with Crippen molar-refractivity contribution in [1.82, 2.24) is 0 Å². The second kappa shape index (κ2) is 7.73. The second-order valence-corrected chi connectivity index (χ2v) is 6.81. The Hall–Kier alpha value is -0.420. The van der Waals surface area contributed by atoms with E-state index in [1.165, 1.54) is 6.42 Å². The zero-order valence-electron chi connectivity index (χ0n) is 13.3. The van der Waals surface area contributed by atoms with E-state index < -0.39 is 6.10 Å². The van der Waals surface area contributed by atoms with Crippen molar-refractivity contribution in [3.63, 3.8) is 0 Å². The van der Waals surface area contributed by atoms with E-state index in [1.807, 2.05) is 13.0 Å². The molecule has 0 amide bonds. The number of allylic oxidation sites excluding steroid dienone is 1. The Labute approximate surface area is 128 Å². The maximum Gasteiger partial charge on any atom is 0.157 e. The van der Waals surface area contributed by atoms with Crippen molar-refractivity contribution in [3.05, 3.63) is 12.2 Å². The van der Waals surface area contributed by atoms with Crippen LogP contribution in [0.25, 0.3) is 0 Å². The van der Waals surface area contributed by atoms with Gasteiger partial charge in [0.05, 0.1) is 6.10 Å². The fourth-order valence-corrected chi connectivity index (χ4v) is 3.80. The number of rotatable bonds is 7. The van der Waals surface area contributed by atoms with E-state index in [9.17, 15) is 10.2 Å². The second-order valence-electron chi connectivity index (χ2n) is 6.81. The molecule has 0 aromatic rings. The van der Waals surface area contributed by atoms with Crippen LogP contribution in [-0.2, 0) is 9.47 Å². The molecule has 0 bridgehead atoms. The number of ether oxygens (including phenoxy) is 2. The maximum absolute atomic E-state index is 10.1. The molecule has 1 aliphatic heterocycles. The molecule has 0 aromatic carbocycles. The van der Waals surface area contributed by atoms with E-state index in [-0.39, 0.29) is 30.1 Å². The van der Waals surface area contributed by atoms with Gasteiger partial charge in [0, 0.05) is 25.7 Å². The fraction of sp³-hybridized carbons (Fsp3) is 0.882. The molecular weight excluding hydrogens is 268 g/mol. The largest absolute Gasteiger partial charge is 0.396 e. The third-order valence-corrected chi connectivity index (χ3v) is 5.01. The maximum atomic E-state index is 10.1. The van der Waals surface area contributed by atoms with Gasteiger partial charge in [-0.25, -0.2) is 0 Å². The lowest BCUT2D eigenvalue weighted by molar-refractivity contribution is -0.163. The van der Waals surface area contributed by atoms with Crippen molar-refractivity contribution in [1.29, 1.82) is 0 Å². The van der Waals surface area contributed by atoms with Gasteiger partial charge in [0.2, 0.25) is 0 Å². The quantitative estimate of drug-likeness (QED) is 0.560. The molecule has 0 spiro atoms. The molecule has 3 unspecified atom stereocenters. The molecule has 122 valence electrons. The molecule has 0 aromatic heterocycles. The molecule has 5 atom stereocenters. The molecule has 1 saturated heterocycles. The van der Waals surface area contributed by atoms with Crippen LogP contribution < -0.4 is 0 Å². The van der Waals surface area contributed by atoms with Crippen molar-refractivity contribution < 1.29 is 19.7 Å². The summed E-state index contributed by atoms with van der Waals surface area (Å²) >= 11 is 0. The molecule has 2 N–H and O–H groups in total. The molecule has 1 heterocycles. The summed E-state index contributed by atoms with van der Waals surface area (Å²) in [5.74, 6) is 0.191. The Kier molecular flexibility index (Phi) is 6.23. The zero-order valence-corrected chi connectivity index (χ0v) is 13.3. The summed E-state index contributed by atoms with van der Waals surface area (Å²) in [7, 11) is 0. The first kappa shape index (κ1) is 16.9. The SMILES string of the molecule is CC(CO)C1[C@@H](O)C=C[C@]1(C)CCCOC1CCCCO1. The van der Waals surface area contributed by atoms with Crippen LogP contribution in [0.5, 0.6) is 0 Å². The van der Waals surface area contributed by atoms with Gasteiger partial charge < -0.3 is 19.7 Å². The third-order valence-electron chi connectivity index (χ3n) is 5.01. The highest BCUT2D eigenvalue weighted by molar-refractivity contribution is 5.15. The molecule has 4 nitrogen and oxygen atoms in total. The molecular formula is C17H30O4. The Morgan fingerprint density at radius 3 is 2.90 bits per heavy atom. The summed E-state index contributed by atoms with van der Waals surface area (Å²) in [5, 5.41) is 19.5. The summed E-state index contributed by atoms with van der Waals surface area (Å²) in [5.41, 5.74) is -0.0572. The first-order valence-electron chi connectivity index (χ1n) is 8.28. The van der Waals surface area contributed by atoms with E-state index in [1.54, 1.807) is 0 Å². The number of aliphatic hydroxyl groups is 2. The zero-order chi connectivity index (χ0) is 15.3. The highest BCUT2D eigenvalue weighted by Crippen LogP contribution is 2.45. The highest BCUT2D eigenvalue weighted by Gasteiger charge is 2.42. The Morgan fingerprint density at radius 1 is 1.43 bits per heavy atom. The minimum Gasteiger partial charge on any atom is -0.396 e. The van der Waals surface area contributed by atoms with Crippen LogP contribution in [0, 0.1) is 17.3 Å². The third kappa shape index (κ3) is 4.28. The average molecular weight is 298 g/mol. The monoisotopic (exact) mass is 298 g/mol. The Morgan fingerprint density at radius 2 is 2.24 bits per heavy atom. The van der Waals surface area contributed by atoms with Gasteiger partial charge in [-0.05, 0) is 43.4 Å². The molecule has 1 aliphatic carbocycles. The van der Waals surface area contributed by atoms with Crippen LogP contribution in [0.15, 0.2) is 12.2 Å². The summed E-state index contributed by atoms with van der Waals surface area (Å²) in [6.07, 6.45) is 8.76. The first-order valence-corrected chi connectivity index (χ1v) is 8.28. The molecule has 0 radical (unpaired) electrons. The van der Waals surface area contributed by atoms with E-state index in [0.29, 0.717) is 6.61 Å². The number of aliphatic hydroxyl groups excluding tert-OH is 2. The molecule has 4 heteroatoms. The normalized spacial score (nSPS) is 37.8. The van der Waals surface area contributed by atoms with Crippen LogP contribution in [0.3, 0.4) is 0 Å². The molecule has 1 fully saturated rings. The minimum absolute atomic E-state index is 0.0246. The van der Waals surface area contributed by atoms with Gasteiger partial charge >= 0.3 is 0 Å². The van der Waals surface area contributed by atoms with E-state index >= 15 is 0 Å². The van der Waals surface area contributed by atoms with Gasteiger partial charge in [-0.3, -0.25) is 0 Å². The summed E-state index contributed by atoms with van der Waals surface area (Å²) in [4.78, 5) is 0. The summed E-state index contributed by atoms with van der Waals surface area (Å²) in [6.45, 7) is 5.81. The molecule has 2 rings (SSSR count). The van der Waals surface area contributed by atoms with Gasteiger partial charge in [0.1, 0.15) is 0 Å². The Balaban J connectivity index is 1.76. The lowest BCUT2D eigenvalue weighted by Gasteiger charge is -2.36. The van der Waals surface area contributed by atoms with E-state index in [2.05, 4.69) is 13.0 Å². The number of hydrogen-bond donors (Lipinski definition) is 2. The van der Waals surface area contributed by atoms with Crippen molar-refractivity contribution >= 4 is 0 Å². The van der Waals surface area contributed by atoms with Gasteiger partial charge in [-0.15, -0.1) is 0 Å². The molecule has 2 aliphatic rings. The van der Waals surface area contributed by atoms with Crippen LogP contribution in [0.1, 0.15) is 46.0 Å². The van der Waals surface area contributed by atoms with Crippen molar-refractivity contribution in [3.8, 4) is 0 Å². The fourth-order valence-electron chi connectivity index (χ4n) is 3.80. The van der Waals surface area contributed by atoms with Gasteiger partial charge in [-0.2, -0.15) is 0 Å². The van der Waals surface area contributed by atoms with Crippen LogP contribution in [0.4, 0.5) is 0 Å². The van der Waals surface area contributed by atoms with Gasteiger partial charge in [0.15, 0.2) is 6.29 Å². The van der Waals surface area contributed by atoms with Crippen molar-refractivity contribution in [2.75, 3.05) is 19.8 Å². The van der Waals surface area contributed by atoms with Crippen LogP contribution >= 0.6 is 0 Å². The predicted octanol–water partition coefficient (Wildman–Crippen LogP) is 2.49. The molecule has 0 saturated carbocycles. The van der Waals surface area contributed by atoms with Crippen molar-refractivity contribution in [2.24, 2.45) is 17.3 Å². The van der Waals surface area contributed by atoms with Crippen molar-refractivity contribution in [2.45, 2.75) is 58.3 Å². The van der Waals surface area contributed by atoms with Crippen LogP contribution in [0.2, 0.25) is 0 Å². The molecule has 21 heavy (non-hydrogen) atoms. The lowest BCUT2D eigenvalue weighted by Crippen LogP contribution is -2.36. The van der Waals surface area contributed by atoms with E-state index in [4.69, 9.17) is 9.47 Å². The first-order chi connectivity index (χ1) is 10.1. The van der Waals surface area contributed by atoms with Gasteiger partial charge in [0.25, 0.3) is 0 Å². The van der Waals surface area contributed by atoms with Crippen LogP contribution in [-0.4, -0.2) is 42.4 Å². The predicted molar refractivity (Wildman–Crippen MR) is 81.8 cm³/mol. The lowest BCUT2D eigenvalue weighted by atomic mass is 9.70. The summed E-state index contributed by atoms with van der Waals surface area (Å²) < 4.78 is 11.3. The highest BCUT2D eigenvalue weighted by atomic mass is 16.7. The number of hydrogen-bond acceptors (Lipinski definition) is 4. The average Bonchev–Trinajstić information content (AvgIpc) is 2.80. The minimum atomic E-state index is -0.445. The topological polar surface area (TPSA) is 58.9 Å². The van der Waals surface area contributed by atoms with E-state index in [0.717, 1.165) is 32.3 Å². The Bertz CT molecular complexity index is 338. The summed E-state index contributed by atoms with van der Waals surface area (Å²) in [6, 6.07) is 0. The smallest absolute Gasteiger partial charge is 0.157 e. The standard InChI is InChI=1S/C17H30O4/c1-13(12-18)16-14(19)7-9-17(16,2)8-5-11-21-15-6-3-4-10-20-15/h7,9,13-16,18-19H,3-6,8,10-12H2,1-2H3/t13?,14-,15?,16?,17-/m0/s1.